The van der Waals surface area contributed by atoms with Crippen LogP contribution in [0, 0.1) is 5.82 Å². The van der Waals surface area contributed by atoms with Gasteiger partial charge in [0.2, 0.25) is 0 Å². The van der Waals surface area contributed by atoms with E-state index in [0.29, 0.717) is 43.7 Å². The van der Waals surface area contributed by atoms with Crippen LogP contribution in [0.3, 0.4) is 0 Å². The van der Waals surface area contributed by atoms with Crippen molar-refractivity contribution in [3.8, 4) is 11.5 Å². The van der Waals surface area contributed by atoms with Crippen LogP contribution in [-0.2, 0) is 11.3 Å². The quantitative estimate of drug-likeness (QED) is 0.324. The lowest BCUT2D eigenvalue weighted by molar-refractivity contribution is 0.0963. The molecule has 9 heteroatoms. The van der Waals surface area contributed by atoms with E-state index in [1.54, 1.807) is 24.0 Å². The van der Waals surface area contributed by atoms with Crippen molar-refractivity contribution < 1.29 is 18.7 Å². The first-order valence-electron chi connectivity index (χ1n) is 10.0. The molecule has 1 saturated heterocycles. The van der Waals surface area contributed by atoms with Gasteiger partial charge in [0.15, 0.2) is 5.96 Å². The van der Waals surface area contributed by atoms with Crippen molar-refractivity contribution in [1.29, 1.82) is 0 Å². The third-order valence-electron chi connectivity index (χ3n) is 4.78. The van der Waals surface area contributed by atoms with Gasteiger partial charge in [-0.1, -0.05) is 12.1 Å². The zero-order valence-corrected chi connectivity index (χ0v) is 19.8. The van der Waals surface area contributed by atoms with Crippen LogP contribution < -0.4 is 15.8 Å². The van der Waals surface area contributed by atoms with Gasteiger partial charge in [0.05, 0.1) is 13.2 Å². The highest BCUT2D eigenvalue weighted by molar-refractivity contribution is 14.0. The second-order valence-electron chi connectivity index (χ2n) is 7.01. The van der Waals surface area contributed by atoms with E-state index < -0.39 is 0 Å². The van der Waals surface area contributed by atoms with Crippen molar-refractivity contribution >= 4 is 36.0 Å². The van der Waals surface area contributed by atoms with Crippen LogP contribution in [0.5, 0.6) is 11.5 Å². The number of ether oxygens (including phenoxy) is 2. The standard InChI is InChI=1S/C22H27FN4O3.HI/c1-2-29-22(28)27-13-11-18(12-14-27)26-21(24)25-15-16-3-7-19(8-4-16)30-20-9-5-17(23)6-10-20;/h3-10,18H,2,11-15H2,1H3,(H3,24,25,26);1H. The van der Waals surface area contributed by atoms with E-state index >= 15 is 0 Å². The Morgan fingerprint density at radius 1 is 1.13 bits per heavy atom. The Balaban J connectivity index is 0.00000341. The summed E-state index contributed by atoms with van der Waals surface area (Å²) in [7, 11) is 0. The van der Waals surface area contributed by atoms with Gasteiger partial charge in [-0.15, -0.1) is 24.0 Å². The van der Waals surface area contributed by atoms with Gasteiger partial charge in [0.25, 0.3) is 0 Å². The lowest BCUT2D eigenvalue weighted by atomic mass is 10.1. The number of rotatable bonds is 6. The average molecular weight is 542 g/mol. The molecule has 1 amide bonds. The Morgan fingerprint density at radius 3 is 2.29 bits per heavy atom. The summed E-state index contributed by atoms with van der Waals surface area (Å²) in [6, 6.07) is 13.6. The Bertz CT molecular complexity index is 854. The maximum absolute atomic E-state index is 12.9. The van der Waals surface area contributed by atoms with Crippen LogP contribution in [0.2, 0.25) is 0 Å². The lowest BCUT2D eigenvalue weighted by Gasteiger charge is -2.31. The molecule has 7 nitrogen and oxygen atoms in total. The molecule has 1 heterocycles. The lowest BCUT2D eigenvalue weighted by Crippen LogP contribution is -2.48. The number of nitrogens with two attached hydrogens (primary N) is 1. The van der Waals surface area contributed by atoms with E-state index in [2.05, 4.69) is 10.3 Å². The molecule has 0 spiro atoms. The predicted molar refractivity (Wildman–Crippen MR) is 128 cm³/mol. The molecular formula is C22H28FIN4O3. The number of piperidine rings is 1. The molecule has 2 aromatic rings. The third-order valence-corrected chi connectivity index (χ3v) is 4.78. The number of nitrogens with one attached hydrogen (secondary N) is 1. The number of amides is 1. The van der Waals surface area contributed by atoms with Crippen LogP contribution in [-0.4, -0.2) is 42.7 Å². The monoisotopic (exact) mass is 542 g/mol. The minimum atomic E-state index is -0.300. The molecule has 31 heavy (non-hydrogen) atoms. The molecule has 0 unspecified atom stereocenters. The van der Waals surface area contributed by atoms with Crippen molar-refractivity contribution in [2.24, 2.45) is 10.7 Å². The fourth-order valence-electron chi connectivity index (χ4n) is 3.15. The highest BCUT2D eigenvalue weighted by atomic mass is 127. The van der Waals surface area contributed by atoms with Gasteiger partial charge in [-0.05, 0) is 61.7 Å². The zero-order chi connectivity index (χ0) is 21.3. The normalized spacial score (nSPS) is 14.5. The Kier molecular flexibility index (Phi) is 9.83. The van der Waals surface area contributed by atoms with Crippen LogP contribution in [0.4, 0.5) is 9.18 Å². The number of benzene rings is 2. The summed E-state index contributed by atoms with van der Waals surface area (Å²) in [6.45, 7) is 3.90. The number of carbonyl (C=O) groups excluding carboxylic acids is 1. The third kappa shape index (κ3) is 7.89. The fraction of sp³-hybridized carbons (Fsp3) is 0.364. The predicted octanol–water partition coefficient (Wildman–Crippen LogP) is 4.26. The summed E-state index contributed by atoms with van der Waals surface area (Å²) < 4.78 is 23.7. The molecule has 3 rings (SSSR count). The number of likely N-dealkylation sites (tertiary alicyclic amines) is 1. The number of hydrogen-bond donors (Lipinski definition) is 2. The highest BCUT2D eigenvalue weighted by Gasteiger charge is 2.23. The summed E-state index contributed by atoms with van der Waals surface area (Å²) in [6.07, 6.45) is 1.33. The maximum Gasteiger partial charge on any atom is 0.409 e. The van der Waals surface area contributed by atoms with Crippen LogP contribution in [0.1, 0.15) is 25.3 Å². The number of carbonyl (C=O) groups is 1. The SMILES string of the molecule is CCOC(=O)N1CCC(NC(N)=NCc2ccc(Oc3ccc(F)cc3)cc2)CC1.I. The molecule has 2 aromatic carbocycles. The molecule has 0 aliphatic carbocycles. The molecule has 0 atom stereocenters. The number of nitrogens with zero attached hydrogens (tertiary/aromatic N) is 2. The molecule has 0 bridgehead atoms. The minimum Gasteiger partial charge on any atom is -0.457 e. The van der Waals surface area contributed by atoms with Gasteiger partial charge in [-0.3, -0.25) is 0 Å². The van der Waals surface area contributed by atoms with Crippen molar-refractivity contribution in [2.75, 3.05) is 19.7 Å². The first-order valence-corrected chi connectivity index (χ1v) is 10.0. The largest absolute Gasteiger partial charge is 0.457 e. The second kappa shape index (κ2) is 12.3. The fourth-order valence-corrected chi connectivity index (χ4v) is 3.15. The van der Waals surface area contributed by atoms with E-state index in [9.17, 15) is 9.18 Å². The Morgan fingerprint density at radius 2 is 1.71 bits per heavy atom. The average Bonchev–Trinajstić information content (AvgIpc) is 2.75. The van der Waals surface area contributed by atoms with Crippen LogP contribution in [0.15, 0.2) is 53.5 Å². The topological polar surface area (TPSA) is 89.2 Å². The number of hydrogen-bond acceptors (Lipinski definition) is 4. The molecule has 0 aromatic heterocycles. The van der Waals surface area contributed by atoms with Gasteiger partial charge < -0.3 is 25.4 Å². The first-order chi connectivity index (χ1) is 14.5. The molecule has 0 radical (unpaired) electrons. The Hall–Kier alpha value is -2.56. The summed E-state index contributed by atoms with van der Waals surface area (Å²) in [5.41, 5.74) is 7.01. The molecule has 3 N–H and O–H groups in total. The van der Waals surface area contributed by atoms with Gasteiger partial charge in [-0.2, -0.15) is 0 Å². The van der Waals surface area contributed by atoms with E-state index in [0.717, 1.165) is 18.4 Å². The summed E-state index contributed by atoms with van der Waals surface area (Å²) in [5.74, 6) is 1.32. The van der Waals surface area contributed by atoms with E-state index in [-0.39, 0.29) is 41.9 Å². The highest BCUT2D eigenvalue weighted by Crippen LogP contribution is 2.22. The molecule has 1 aliphatic rings. The minimum absolute atomic E-state index is 0. The van der Waals surface area contributed by atoms with Gasteiger partial charge in [0.1, 0.15) is 17.3 Å². The van der Waals surface area contributed by atoms with Gasteiger partial charge in [0, 0.05) is 19.1 Å². The van der Waals surface area contributed by atoms with E-state index in [1.807, 2.05) is 24.3 Å². The maximum atomic E-state index is 12.9. The number of aliphatic imine (C=N–C) groups is 1. The van der Waals surface area contributed by atoms with Crippen molar-refractivity contribution in [1.82, 2.24) is 10.2 Å². The summed E-state index contributed by atoms with van der Waals surface area (Å²) >= 11 is 0. The molecule has 1 aliphatic heterocycles. The van der Waals surface area contributed by atoms with E-state index in [1.165, 1.54) is 12.1 Å². The molecular weight excluding hydrogens is 514 g/mol. The van der Waals surface area contributed by atoms with Gasteiger partial charge >= 0.3 is 6.09 Å². The Labute approximate surface area is 198 Å². The second-order valence-corrected chi connectivity index (χ2v) is 7.01. The number of guanidine groups is 1. The van der Waals surface area contributed by atoms with Crippen LogP contribution in [0.25, 0.3) is 0 Å². The van der Waals surface area contributed by atoms with Gasteiger partial charge in [-0.25, -0.2) is 14.2 Å². The van der Waals surface area contributed by atoms with Crippen molar-refractivity contribution in [2.45, 2.75) is 32.4 Å². The van der Waals surface area contributed by atoms with Crippen molar-refractivity contribution in [3.63, 3.8) is 0 Å². The molecule has 168 valence electrons. The van der Waals surface area contributed by atoms with Crippen LogP contribution >= 0.6 is 24.0 Å². The summed E-state index contributed by atoms with van der Waals surface area (Å²) in [5, 5.41) is 3.22. The summed E-state index contributed by atoms with van der Waals surface area (Å²) in [4.78, 5) is 17.8. The zero-order valence-electron chi connectivity index (χ0n) is 17.4. The van der Waals surface area contributed by atoms with Crippen molar-refractivity contribution in [3.05, 3.63) is 59.9 Å². The smallest absolute Gasteiger partial charge is 0.409 e. The number of halogens is 2. The van der Waals surface area contributed by atoms with E-state index in [4.69, 9.17) is 15.2 Å². The molecule has 0 saturated carbocycles. The molecule has 1 fully saturated rings. The first kappa shape index (κ1) is 24.7.